The molecule has 1 atom stereocenters. The fourth-order valence-corrected chi connectivity index (χ4v) is 1.08. The van der Waals surface area contributed by atoms with Crippen LogP contribution in [0.25, 0.3) is 0 Å². The van der Waals surface area contributed by atoms with Gasteiger partial charge in [-0.15, -0.1) is 0 Å². The topological polar surface area (TPSA) is 34.4 Å². The lowest BCUT2D eigenvalue weighted by Gasteiger charge is -2.25. The Balaban J connectivity index is 4.04. The average molecular weight is 171 g/mol. The van der Waals surface area contributed by atoms with E-state index in [0.717, 1.165) is 13.0 Å². The molecular weight excluding hydrogens is 152 g/mol. The normalized spacial score (nSPS) is 12.3. The van der Waals surface area contributed by atoms with Crippen molar-refractivity contribution >= 4 is 6.03 Å². The van der Waals surface area contributed by atoms with Gasteiger partial charge in [-0.3, -0.25) is 0 Å². The van der Waals surface area contributed by atoms with Crippen molar-refractivity contribution < 1.29 is 4.79 Å². The Bertz CT molecular complexity index is 136. The Hall–Kier alpha value is -0.730. The standard InChI is InChI=1S/C9H19N2O/c1-5-8(4)11(7-3)9(12)10-6-2/h8H,5-7H2,1-4H3. The number of hydrogen-bond donors (Lipinski definition) is 0. The van der Waals surface area contributed by atoms with Crippen LogP contribution < -0.4 is 5.32 Å². The summed E-state index contributed by atoms with van der Waals surface area (Å²) in [5.74, 6) is 0. The molecule has 0 aliphatic rings. The lowest BCUT2D eigenvalue weighted by molar-refractivity contribution is 0.180. The second-order valence-electron chi connectivity index (χ2n) is 2.80. The summed E-state index contributed by atoms with van der Waals surface area (Å²) in [7, 11) is 0. The number of carbonyl (C=O) groups excluding carboxylic acids is 1. The fraction of sp³-hybridized carbons (Fsp3) is 0.889. The van der Waals surface area contributed by atoms with Gasteiger partial charge in [-0.1, -0.05) is 6.92 Å². The smallest absolute Gasteiger partial charge is 0.321 e. The van der Waals surface area contributed by atoms with E-state index in [0.29, 0.717) is 12.6 Å². The maximum absolute atomic E-state index is 11.3. The molecule has 2 amide bonds. The first kappa shape index (κ1) is 11.3. The predicted molar refractivity (Wildman–Crippen MR) is 50.2 cm³/mol. The molecule has 1 unspecified atom stereocenters. The van der Waals surface area contributed by atoms with Crippen molar-refractivity contribution in [2.45, 2.75) is 40.2 Å². The minimum absolute atomic E-state index is 0.0747. The van der Waals surface area contributed by atoms with Crippen molar-refractivity contribution in [3.63, 3.8) is 0 Å². The summed E-state index contributed by atoms with van der Waals surface area (Å²) < 4.78 is 0. The molecule has 0 fully saturated rings. The number of carbonyl (C=O) groups is 1. The summed E-state index contributed by atoms with van der Waals surface area (Å²) in [4.78, 5) is 13.1. The maximum Gasteiger partial charge on any atom is 0.339 e. The Morgan fingerprint density at radius 2 is 2.00 bits per heavy atom. The third-order valence-corrected chi connectivity index (χ3v) is 2.00. The molecule has 0 bridgehead atoms. The van der Waals surface area contributed by atoms with E-state index >= 15 is 0 Å². The zero-order chi connectivity index (χ0) is 9.56. The van der Waals surface area contributed by atoms with E-state index in [1.807, 2.05) is 20.8 Å². The van der Waals surface area contributed by atoms with E-state index in [2.05, 4.69) is 12.2 Å². The highest BCUT2D eigenvalue weighted by molar-refractivity contribution is 5.74. The highest BCUT2D eigenvalue weighted by atomic mass is 16.2. The zero-order valence-corrected chi connectivity index (χ0v) is 8.50. The van der Waals surface area contributed by atoms with E-state index < -0.39 is 0 Å². The Morgan fingerprint density at radius 3 is 2.33 bits per heavy atom. The fourth-order valence-electron chi connectivity index (χ4n) is 1.08. The molecule has 0 saturated carbocycles. The largest absolute Gasteiger partial charge is 0.339 e. The number of rotatable bonds is 4. The van der Waals surface area contributed by atoms with Gasteiger partial charge in [0.25, 0.3) is 0 Å². The second-order valence-corrected chi connectivity index (χ2v) is 2.80. The first-order chi connectivity index (χ1) is 5.67. The molecule has 12 heavy (non-hydrogen) atoms. The minimum Gasteiger partial charge on any atom is -0.321 e. The third kappa shape index (κ3) is 3.11. The van der Waals surface area contributed by atoms with E-state index in [1.54, 1.807) is 4.90 Å². The summed E-state index contributed by atoms with van der Waals surface area (Å²) in [5.41, 5.74) is 0. The van der Waals surface area contributed by atoms with Crippen molar-refractivity contribution in [2.24, 2.45) is 0 Å². The van der Waals surface area contributed by atoms with Crippen LogP contribution in [0.2, 0.25) is 0 Å². The van der Waals surface area contributed by atoms with Gasteiger partial charge in [0.15, 0.2) is 0 Å². The van der Waals surface area contributed by atoms with Crippen molar-refractivity contribution in [3.05, 3.63) is 0 Å². The van der Waals surface area contributed by atoms with Crippen LogP contribution in [-0.2, 0) is 0 Å². The van der Waals surface area contributed by atoms with Crippen LogP contribution >= 0.6 is 0 Å². The van der Waals surface area contributed by atoms with Gasteiger partial charge in [-0.2, -0.15) is 0 Å². The summed E-state index contributed by atoms with van der Waals surface area (Å²) in [6.07, 6.45) is 0.985. The number of nitrogens with zero attached hydrogens (tertiary/aromatic N) is 2. The van der Waals surface area contributed by atoms with Gasteiger partial charge in [0, 0.05) is 19.1 Å². The Labute approximate surface area is 75.1 Å². The number of hydrogen-bond acceptors (Lipinski definition) is 1. The second kappa shape index (κ2) is 5.86. The highest BCUT2D eigenvalue weighted by Gasteiger charge is 2.16. The van der Waals surface area contributed by atoms with Gasteiger partial charge in [0.1, 0.15) is 0 Å². The highest BCUT2D eigenvalue weighted by Crippen LogP contribution is 2.03. The molecule has 0 aromatic carbocycles. The molecule has 1 radical (unpaired) electrons. The van der Waals surface area contributed by atoms with Gasteiger partial charge < -0.3 is 4.90 Å². The van der Waals surface area contributed by atoms with Gasteiger partial charge in [0.05, 0.1) is 0 Å². The molecule has 3 heteroatoms. The van der Waals surface area contributed by atoms with E-state index in [4.69, 9.17) is 0 Å². The Kier molecular flexibility index (Phi) is 5.51. The van der Waals surface area contributed by atoms with Gasteiger partial charge in [-0.05, 0) is 27.2 Å². The van der Waals surface area contributed by atoms with Crippen molar-refractivity contribution in [2.75, 3.05) is 13.1 Å². The van der Waals surface area contributed by atoms with E-state index in [-0.39, 0.29) is 6.03 Å². The average Bonchev–Trinajstić information content (AvgIpc) is 2.06. The molecule has 0 saturated heterocycles. The van der Waals surface area contributed by atoms with Crippen LogP contribution in [0, 0.1) is 0 Å². The summed E-state index contributed by atoms with van der Waals surface area (Å²) in [5, 5.41) is 3.85. The molecule has 0 N–H and O–H groups in total. The Morgan fingerprint density at radius 1 is 1.42 bits per heavy atom. The quantitative estimate of drug-likeness (QED) is 0.635. The maximum atomic E-state index is 11.3. The zero-order valence-electron chi connectivity index (χ0n) is 8.50. The monoisotopic (exact) mass is 171 g/mol. The van der Waals surface area contributed by atoms with Crippen LogP contribution in [0.15, 0.2) is 0 Å². The lowest BCUT2D eigenvalue weighted by Crippen LogP contribution is -2.41. The molecule has 0 aliphatic heterocycles. The van der Waals surface area contributed by atoms with Crippen molar-refractivity contribution in [1.82, 2.24) is 10.2 Å². The molecule has 0 aliphatic carbocycles. The molecule has 3 nitrogen and oxygen atoms in total. The van der Waals surface area contributed by atoms with Crippen LogP contribution in [0.1, 0.15) is 34.1 Å². The van der Waals surface area contributed by atoms with E-state index in [1.165, 1.54) is 0 Å². The number of amides is 2. The van der Waals surface area contributed by atoms with Crippen LogP contribution in [0.3, 0.4) is 0 Å². The molecule has 0 spiro atoms. The molecular formula is C9H19N2O. The van der Waals surface area contributed by atoms with Crippen molar-refractivity contribution in [3.8, 4) is 0 Å². The summed E-state index contributed by atoms with van der Waals surface area (Å²) in [6, 6.07) is 0.229. The third-order valence-electron chi connectivity index (χ3n) is 2.00. The molecule has 0 heterocycles. The molecule has 0 rings (SSSR count). The molecule has 0 aromatic rings. The van der Waals surface area contributed by atoms with Gasteiger partial charge in [-0.25, -0.2) is 10.1 Å². The van der Waals surface area contributed by atoms with Gasteiger partial charge in [0.2, 0.25) is 0 Å². The van der Waals surface area contributed by atoms with Crippen molar-refractivity contribution in [1.29, 1.82) is 0 Å². The lowest BCUT2D eigenvalue weighted by atomic mass is 10.2. The minimum atomic E-state index is -0.0747. The number of urea groups is 1. The predicted octanol–water partition coefficient (Wildman–Crippen LogP) is 1.85. The summed E-state index contributed by atoms with van der Waals surface area (Å²) >= 11 is 0. The summed E-state index contributed by atoms with van der Waals surface area (Å²) in [6.45, 7) is 9.31. The SMILES string of the molecule is CC[N]C(=O)N(CC)C(C)CC. The van der Waals surface area contributed by atoms with Crippen LogP contribution in [0.5, 0.6) is 0 Å². The van der Waals surface area contributed by atoms with Crippen LogP contribution in [0.4, 0.5) is 4.79 Å². The first-order valence-corrected chi connectivity index (χ1v) is 4.65. The van der Waals surface area contributed by atoms with Crippen LogP contribution in [-0.4, -0.2) is 30.1 Å². The van der Waals surface area contributed by atoms with Gasteiger partial charge >= 0.3 is 6.03 Å². The first-order valence-electron chi connectivity index (χ1n) is 4.65. The molecule has 71 valence electrons. The molecule has 0 aromatic heterocycles. The van der Waals surface area contributed by atoms with E-state index in [9.17, 15) is 4.79 Å².